The zero-order valence-corrected chi connectivity index (χ0v) is 11.0. The Morgan fingerprint density at radius 2 is 1.94 bits per heavy atom. The van der Waals surface area contributed by atoms with Gasteiger partial charge in [-0.15, -0.1) is 11.3 Å². The second kappa shape index (κ2) is 4.78. The molecule has 3 rings (SSSR count). The summed E-state index contributed by atoms with van der Waals surface area (Å²) in [5.74, 6) is 0. The first kappa shape index (κ1) is 11.2. The number of benzene rings is 2. The van der Waals surface area contributed by atoms with Crippen molar-refractivity contribution in [3.63, 3.8) is 0 Å². The van der Waals surface area contributed by atoms with Crippen LogP contribution >= 0.6 is 11.3 Å². The summed E-state index contributed by atoms with van der Waals surface area (Å²) in [6.07, 6.45) is 0. The van der Waals surface area contributed by atoms with Gasteiger partial charge in [0, 0.05) is 16.8 Å². The van der Waals surface area contributed by atoms with Crippen LogP contribution in [0.3, 0.4) is 0 Å². The van der Waals surface area contributed by atoms with Crippen molar-refractivity contribution in [3.8, 4) is 0 Å². The molecule has 18 heavy (non-hydrogen) atoms. The van der Waals surface area contributed by atoms with Crippen molar-refractivity contribution in [3.05, 3.63) is 58.5 Å². The molecule has 0 bridgehead atoms. The molecule has 3 heteroatoms. The molecule has 0 aliphatic rings. The molecule has 1 N–H and O–H groups in total. The predicted octanol–water partition coefficient (Wildman–Crippen LogP) is 4.22. The minimum absolute atomic E-state index is 0.789. The molecule has 2 aromatic carbocycles. The van der Waals surface area contributed by atoms with Crippen molar-refractivity contribution in [2.24, 2.45) is 0 Å². The van der Waals surface area contributed by atoms with E-state index in [1.807, 2.05) is 6.92 Å². The maximum absolute atomic E-state index is 4.44. The fourth-order valence-corrected chi connectivity index (χ4v) is 2.67. The molecule has 2 nitrogen and oxygen atoms in total. The van der Waals surface area contributed by atoms with Crippen LogP contribution in [0.2, 0.25) is 0 Å². The Labute approximate surface area is 110 Å². The normalized spacial score (nSPS) is 10.7. The van der Waals surface area contributed by atoms with E-state index in [1.165, 1.54) is 10.8 Å². The van der Waals surface area contributed by atoms with E-state index in [0.29, 0.717) is 0 Å². The van der Waals surface area contributed by atoms with Gasteiger partial charge in [0.25, 0.3) is 0 Å². The van der Waals surface area contributed by atoms with E-state index in [1.54, 1.807) is 11.3 Å². The summed E-state index contributed by atoms with van der Waals surface area (Å²) in [5.41, 5.74) is 2.23. The summed E-state index contributed by atoms with van der Waals surface area (Å²) in [5, 5.41) is 9.15. The lowest BCUT2D eigenvalue weighted by atomic mass is 10.1. The van der Waals surface area contributed by atoms with E-state index < -0.39 is 0 Å². The number of aromatic nitrogens is 1. The minimum atomic E-state index is 0.789. The number of nitrogens with one attached hydrogen (secondary N) is 1. The molecule has 0 atom stereocenters. The number of nitrogens with zero attached hydrogens (tertiary/aromatic N) is 1. The van der Waals surface area contributed by atoms with E-state index in [0.717, 1.165) is 22.9 Å². The second-order valence-corrected chi connectivity index (χ2v) is 5.24. The maximum Gasteiger partial charge on any atom is 0.112 e. The number of rotatable bonds is 3. The summed E-state index contributed by atoms with van der Waals surface area (Å²) in [6.45, 7) is 2.81. The second-order valence-electron chi connectivity index (χ2n) is 4.30. The lowest BCUT2D eigenvalue weighted by Crippen LogP contribution is -1.98. The molecular formula is C15H14N2S. The Bertz CT molecular complexity index is 673. The summed E-state index contributed by atoms with van der Waals surface area (Å²) in [7, 11) is 0. The Morgan fingerprint density at radius 1 is 1.11 bits per heavy atom. The third-order valence-electron chi connectivity index (χ3n) is 2.86. The molecular weight excluding hydrogens is 240 g/mol. The smallest absolute Gasteiger partial charge is 0.112 e. The van der Waals surface area contributed by atoms with Gasteiger partial charge in [0.2, 0.25) is 0 Å². The highest BCUT2D eigenvalue weighted by molar-refractivity contribution is 7.09. The van der Waals surface area contributed by atoms with Crippen LogP contribution in [-0.4, -0.2) is 4.98 Å². The topological polar surface area (TPSA) is 24.9 Å². The van der Waals surface area contributed by atoms with E-state index in [4.69, 9.17) is 0 Å². The van der Waals surface area contributed by atoms with Crippen molar-refractivity contribution < 1.29 is 0 Å². The molecule has 0 fully saturated rings. The van der Waals surface area contributed by atoms with Gasteiger partial charge in [-0.3, -0.25) is 0 Å². The van der Waals surface area contributed by atoms with Gasteiger partial charge < -0.3 is 5.32 Å². The monoisotopic (exact) mass is 254 g/mol. The molecule has 3 aromatic rings. The van der Waals surface area contributed by atoms with Gasteiger partial charge in [-0.1, -0.05) is 30.3 Å². The first-order valence-electron chi connectivity index (χ1n) is 5.95. The van der Waals surface area contributed by atoms with Gasteiger partial charge in [0.05, 0.1) is 6.54 Å². The molecule has 0 amide bonds. The van der Waals surface area contributed by atoms with E-state index in [-0.39, 0.29) is 0 Å². The van der Waals surface area contributed by atoms with Crippen molar-refractivity contribution in [2.75, 3.05) is 5.32 Å². The van der Waals surface area contributed by atoms with Crippen molar-refractivity contribution >= 4 is 27.8 Å². The third kappa shape index (κ3) is 2.36. The van der Waals surface area contributed by atoms with Crippen molar-refractivity contribution in [1.82, 2.24) is 4.98 Å². The number of hydrogen-bond donors (Lipinski definition) is 1. The fourth-order valence-electron chi connectivity index (χ4n) is 1.96. The molecule has 0 radical (unpaired) electrons. The molecule has 0 aliphatic heterocycles. The number of anilines is 1. The van der Waals surface area contributed by atoms with Crippen LogP contribution < -0.4 is 5.32 Å². The number of thiazole rings is 1. The van der Waals surface area contributed by atoms with Gasteiger partial charge >= 0.3 is 0 Å². The number of hydrogen-bond acceptors (Lipinski definition) is 3. The summed E-state index contributed by atoms with van der Waals surface area (Å²) in [4.78, 5) is 4.44. The van der Waals surface area contributed by atoms with Crippen LogP contribution in [-0.2, 0) is 6.54 Å². The van der Waals surface area contributed by atoms with Gasteiger partial charge in [-0.2, -0.15) is 0 Å². The molecule has 0 saturated carbocycles. The third-order valence-corrected chi connectivity index (χ3v) is 3.83. The Hall–Kier alpha value is -1.87. The van der Waals surface area contributed by atoms with Crippen LogP contribution in [0.4, 0.5) is 5.69 Å². The zero-order chi connectivity index (χ0) is 12.4. The van der Waals surface area contributed by atoms with Gasteiger partial charge in [-0.05, 0) is 29.8 Å². The van der Waals surface area contributed by atoms with Crippen LogP contribution in [0, 0.1) is 6.92 Å². The highest BCUT2D eigenvalue weighted by Crippen LogP contribution is 2.19. The van der Waals surface area contributed by atoms with Crippen LogP contribution in [0.15, 0.2) is 47.8 Å². The molecule has 0 saturated heterocycles. The van der Waals surface area contributed by atoms with E-state index >= 15 is 0 Å². The Morgan fingerprint density at radius 3 is 2.72 bits per heavy atom. The van der Waals surface area contributed by atoms with Crippen LogP contribution in [0.25, 0.3) is 10.8 Å². The average molecular weight is 254 g/mol. The standard InChI is InChI=1S/C15H14N2S/c1-11-10-18-15(17-11)9-16-14-7-6-12-4-2-3-5-13(12)8-14/h2-8,10,16H,9H2,1H3. The molecule has 1 heterocycles. The van der Waals surface area contributed by atoms with E-state index in [2.05, 4.69) is 58.1 Å². The van der Waals surface area contributed by atoms with Crippen molar-refractivity contribution in [2.45, 2.75) is 13.5 Å². The Kier molecular flexibility index (Phi) is 2.99. The van der Waals surface area contributed by atoms with Gasteiger partial charge in [0.1, 0.15) is 5.01 Å². The Balaban J connectivity index is 1.78. The number of fused-ring (bicyclic) bond motifs is 1. The minimum Gasteiger partial charge on any atom is -0.379 e. The summed E-state index contributed by atoms with van der Waals surface area (Å²) < 4.78 is 0. The largest absolute Gasteiger partial charge is 0.379 e. The van der Waals surface area contributed by atoms with E-state index in [9.17, 15) is 0 Å². The molecule has 90 valence electrons. The lowest BCUT2D eigenvalue weighted by Gasteiger charge is -2.05. The first-order valence-corrected chi connectivity index (χ1v) is 6.83. The van der Waals surface area contributed by atoms with Gasteiger partial charge in [0.15, 0.2) is 0 Å². The lowest BCUT2D eigenvalue weighted by molar-refractivity contribution is 1.08. The summed E-state index contributed by atoms with van der Waals surface area (Å²) in [6, 6.07) is 14.8. The maximum atomic E-state index is 4.44. The number of aryl methyl sites for hydroxylation is 1. The molecule has 0 unspecified atom stereocenters. The highest BCUT2D eigenvalue weighted by atomic mass is 32.1. The SMILES string of the molecule is Cc1csc(CNc2ccc3ccccc3c2)n1. The van der Waals surface area contributed by atoms with Crippen LogP contribution in [0.1, 0.15) is 10.7 Å². The zero-order valence-electron chi connectivity index (χ0n) is 10.2. The average Bonchev–Trinajstić information content (AvgIpc) is 2.82. The summed E-state index contributed by atoms with van der Waals surface area (Å²) >= 11 is 1.70. The molecule has 0 aliphatic carbocycles. The van der Waals surface area contributed by atoms with Crippen LogP contribution in [0.5, 0.6) is 0 Å². The highest BCUT2D eigenvalue weighted by Gasteiger charge is 1.99. The fraction of sp³-hybridized carbons (Fsp3) is 0.133. The quantitative estimate of drug-likeness (QED) is 0.757. The molecule has 0 spiro atoms. The predicted molar refractivity (Wildman–Crippen MR) is 78.1 cm³/mol. The molecule has 1 aromatic heterocycles. The van der Waals surface area contributed by atoms with Crippen molar-refractivity contribution in [1.29, 1.82) is 0 Å². The van der Waals surface area contributed by atoms with Gasteiger partial charge in [-0.25, -0.2) is 4.98 Å². The first-order chi connectivity index (χ1) is 8.81.